The Kier molecular flexibility index (Phi) is 7.94. The van der Waals surface area contributed by atoms with Crippen LogP contribution in [0.1, 0.15) is 23.6 Å². The average Bonchev–Trinajstić information content (AvgIpc) is 2.66. The van der Waals surface area contributed by atoms with Gasteiger partial charge in [0.25, 0.3) is 0 Å². The molecule has 0 spiro atoms. The highest BCUT2D eigenvalue weighted by Gasteiger charge is 2.20. The van der Waals surface area contributed by atoms with Crippen molar-refractivity contribution in [2.24, 2.45) is 0 Å². The van der Waals surface area contributed by atoms with Crippen molar-refractivity contribution in [2.75, 3.05) is 19.6 Å². The number of benzene rings is 2. The van der Waals surface area contributed by atoms with Gasteiger partial charge in [0, 0.05) is 25.6 Å². The van der Waals surface area contributed by atoms with Crippen molar-refractivity contribution < 1.29 is 17.6 Å². The van der Waals surface area contributed by atoms with E-state index in [0.29, 0.717) is 6.54 Å². The minimum atomic E-state index is -3.76. The van der Waals surface area contributed by atoms with Gasteiger partial charge in [0.2, 0.25) is 15.9 Å². The summed E-state index contributed by atoms with van der Waals surface area (Å²) in [6, 6.07) is 12.7. The second-order valence-electron chi connectivity index (χ2n) is 6.36. The van der Waals surface area contributed by atoms with Gasteiger partial charge in [-0.05, 0) is 48.4 Å². The van der Waals surface area contributed by atoms with Crippen LogP contribution in [0.15, 0.2) is 53.4 Å². The van der Waals surface area contributed by atoms with Crippen LogP contribution in [0.25, 0.3) is 0 Å². The lowest BCUT2D eigenvalue weighted by atomic mass is 9.94. The second kappa shape index (κ2) is 9.97. The van der Waals surface area contributed by atoms with Crippen LogP contribution < -0.4 is 15.4 Å². The minimum absolute atomic E-state index is 0. The second-order valence-corrected chi connectivity index (χ2v) is 8.13. The number of fused-ring (bicyclic) bond motifs is 1. The van der Waals surface area contributed by atoms with Crippen molar-refractivity contribution in [1.29, 1.82) is 0 Å². The molecule has 0 saturated carbocycles. The normalized spacial score (nSPS) is 16.0. The number of carbonyl (C=O) groups is 1. The Morgan fingerprint density at radius 3 is 2.61 bits per heavy atom. The predicted octanol–water partition coefficient (Wildman–Crippen LogP) is 1.92. The van der Waals surface area contributed by atoms with E-state index in [1.165, 1.54) is 23.3 Å². The number of hydrogen-bond donors (Lipinski definition) is 3. The fraction of sp³-hybridized carbons (Fsp3) is 0.316. The monoisotopic (exact) mass is 427 g/mol. The third-order valence-electron chi connectivity index (χ3n) is 4.49. The van der Waals surface area contributed by atoms with Gasteiger partial charge in [0.1, 0.15) is 5.82 Å². The van der Waals surface area contributed by atoms with Crippen LogP contribution in [-0.4, -0.2) is 34.0 Å². The molecule has 2 aromatic carbocycles. The molecular weight excluding hydrogens is 405 g/mol. The highest BCUT2D eigenvalue weighted by Crippen LogP contribution is 2.21. The molecular formula is C19H23ClFN3O3S. The van der Waals surface area contributed by atoms with Crippen molar-refractivity contribution in [2.45, 2.75) is 23.8 Å². The number of sulfonamides is 1. The summed E-state index contributed by atoms with van der Waals surface area (Å²) in [4.78, 5) is 12.0. The lowest BCUT2D eigenvalue weighted by Gasteiger charge is -2.27. The Balaban J connectivity index is 0.00000280. The molecule has 1 amide bonds. The molecule has 152 valence electrons. The first-order valence-electron chi connectivity index (χ1n) is 8.79. The number of rotatable bonds is 7. The number of halogens is 2. The van der Waals surface area contributed by atoms with Crippen LogP contribution in [0.5, 0.6) is 0 Å². The van der Waals surface area contributed by atoms with Crippen LogP contribution in [0.4, 0.5) is 4.39 Å². The molecule has 0 aromatic heterocycles. The zero-order chi connectivity index (χ0) is 19.3. The molecule has 1 aliphatic rings. The van der Waals surface area contributed by atoms with Crippen molar-refractivity contribution in [3.8, 4) is 0 Å². The van der Waals surface area contributed by atoms with Crippen LogP contribution in [-0.2, 0) is 21.2 Å². The molecule has 0 bridgehead atoms. The highest BCUT2D eigenvalue weighted by molar-refractivity contribution is 7.89. The van der Waals surface area contributed by atoms with Gasteiger partial charge in [-0.2, -0.15) is 0 Å². The molecule has 6 nitrogen and oxygen atoms in total. The van der Waals surface area contributed by atoms with Gasteiger partial charge in [0.15, 0.2) is 0 Å². The van der Waals surface area contributed by atoms with Crippen molar-refractivity contribution >= 4 is 28.3 Å². The fourth-order valence-corrected chi connectivity index (χ4v) is 4.11. The summed E-state index contributed by atoms with van der Waals surface area (Å²) < 4.78 is 39.4. The van der Waals surface area contributed by atoms with E-state index in [-0.39, 0.29) is 42.2 Å². The SMILES string of the molecule is Cl.O=C(CCNS(=O)(=O)c1ccc(F)cc1)NCC1NCCc2ccccc21. The van der Waals surface area contributed by atoms with Gasteiger partial charge in [-0.3, -0.25) is 4.79 Å². The summed E-state index contributed by atoms with van der Waals surface area (Å²) in [6.07, 6.45) is 0.987. The molecule has 0 saturated heterocycles. The molecule has 0 aliphatic carbocycles. The van der Waals surface area contributed by atoms with Gasteiger partial charge < -0.3 is 10.6 Å². The van der Waals surface area contributed by atoms with Gasteiger partial charge in [-0.25, -0.2) is 17.5 Å². The quantitative estimate of drug-likeness (QED) is 0.630. The Morgan fingerprint density at radius 2 is 1.86 bits per heavy atom. The first kappa shape index (κ1) is 22.3. The number of nitrogens with one attached hydrogen (secondary N) is 3. The molecule has 1 heterocycles. The van der Waals surface area contributed by atoms with Gasteiger partial charge in [-0.15, -0.1) is 12.4 Å². The number of carbonyl (C=O) groups excluding carboxylic acids is 1. The van der Waals surface area contributed by atoms with Gasteiger partial charge >= 0.3 is 0 Å². The Labute approximate surface area is 170 Å². The van der Waals surface area contributed by atoms with E-state index in [1.807, 2.05) is 12.1 Å². The van der Waals surface area contributed by atoms with Crippen LogP contribution in [0.3, 0.4) is 0 Å². The zero-order valence-corrected chi connectivity index (χ0v) is 16.8. The molecule has 3 N–H and O–H groups in total. The lowest BCUT2D eigenvalue weighted by Crippen LogP contribution is -2.39. The first-order valence-corrected chi connectivity index (χ1v) is 10.3. The molecule has 2 aromatic rings. The molecule has 3 rings (SSSR count). The lowest BCUT2D eigenvalue weighted by molar-refractivity contribution is -0.121. The molecule has 1 atom stereocenters. The van der Waals surface area contributed by atoms with E-state index < -0.39 is 15.8 Å². The van der Waals surface area contributed by atoms with E-state index in [9.17, 15) is 17.6 Å². The van der Waals surface area contributed by atoms with E-state index in [1.54, 1.807) is 0 Å². The molecule has 9 heteroatoms. The predicted molar refractivity (Wildman–Crippen MR) is 107 cm³/mol. The maximum absolute atomic E-state index is 12.9. The van der Waals surface area contributed by atoms with Crippen molar-refractivity contribution in [3.63, 3.8) is 0 Å². The smallest absolute Gasteiger partial charge is 0.240 e. The summed E-state index contributed by atoms with van der Waals surface area (Å²) in [5.41, 5.74) is 2.46. The summed E-state index contributed by atoms with van der Waals surface area (Å²) in [5, 5.41) is 6.22. The summed E-state index contributed by atoms with van der Waals surface area (Å²) in [7, 11) is -3.76. The third kappa shape index (κ3) is 5.75. The van der Waals surface area contributed by atoms with E-state index in [4.69, 9.17) is 0 Å². The van der Waals surface area contributed by atoms with E-state index in [2.05, 4.69) is 27.5 Å². The van der Waals surface area contributed by atoms with Crippen LogP contribution in [0, 0.1) is 5.82 Å². The number of amides is 1. The van der Waals surface area contributed by atoms with Crippen LogP contribution >= 0.6 is 12.4 Å². The van der Waals surface area contributed by atoms with Crippen molar-refractivity contribution in [1.82, 2.24) is 15.4 Å². The maximum atomic E-state index is 12.9. The molecule has 0 radical (unpaired) electrons. The topological polar surface area (TPSA) is 87.3 Å². The zero-order valence-electron chi connectivity index (χ0n) is 15.2. The van der Waals surface area contributed by atoms with Crippen LogP contribution in [0.2, 0.25) is 0 Å². The number of hydrogen-bond acceptors (Lipinski definition) is 4. The molecule has 0 fully saturated rings. The van der Waals surface area contributed by atoms with Gasteiger partial charge in [-0.1, -0.05) is 24.3 Å². The van der Waals surface area contributed by atoms with Gasteiger partial charge in [0.05, 0.1) is 4.90 Å². The average molecular weight is 428 g/mol. The maximum Gasteiger partial charge on any atom is 0.240 e. The van der Waals surface area contributed by atoms with Crippen molar-refractivity contribution in [3.05, 3.63) is 65.5 Å². The summed E-state index contributed by atoms with van der Waals surface area (Å²) in [5.74, 6) is -0.743. The molecule has 1 aliphatic heterocycles. The largest absolute Gasteiger partial charge is 0.354 e. The Morgan fingerprint density at radius 1 is 1.14 bits per heavy atom. The standard InChI is InChI=1S/C19H22FN3O3S.ClH/c20-15-5-7-16(8-6-15)27(25,26)23-12-10-19(24)22-13-18-17-4-2-1-3-14(17)9-11-21-18;/h1-8,18,21,23H,9-13H2,(H,22,24);1H. The molecule has 1 unspecified atom stereocenters. The summed E-state index contributed by atoms with van der Waals surface area (Å²) >= 11 is 0. The first-order chi connectivity index (χ1) is 13.0. The van der Waals surface area contributed by atoms with E-state index in [0.717, 1.165) is 25.1 Å². The minimum Gasteiger partial charge on any atom is -0.354 e. The highest BCUT2D eigenvalue weighted by atomic mass is 35.5. The Hall–Kier alpha value is -2.00. The Bertz CT molecular complexity index is 907. The van der Waals surface area contributed by atoms with E-state index >= 15 is 0 Å². The fourth-order valence-electron chi connectivity index (χ4n) is 3.08. The molecule has 28 heavy (non-hydrogen) atoms. The third-order valence-corrected chi connectivity index (χ3v) is 5.96. The summed E-state index contributed by atoms with van der Waals surface area (Å²) in [6.45, 7) is 1.27.